The lowest BCUT2D eigenvalue weighted by Gasteiger charge is -2.10. The van der Waals surface area contributed by atoms with E-state index in [1.54, 1.807) is 6.92 Å². The molecule has 0 N–H and O–H groups in total. The molecular formula is C15H19Cl2F3N2. The van der Waals surface area contributed by atoms with Crippen LogP contribution in [0.1, 0.15) is 45.5 Å². The van der Waals surface area contributed by atoms with E-state index < -0.39 is 11.7 Å². The van der Waals surface area contributed by atoms with Gasteiger partial charge in [0.05, 0.1) is 16.1 Å². The van der Waals surface area contributed by atoms with Crippen LogP contribution in [0.4, 0.5) is 13.2 Å². The summed E-state index contributed by atoms with van der Waals surface area (Å²) in [5, 5.41) is -0.0418. The lowest BCUT2D eigenvalue weighted by atomic mass is 10.1. The number of aromatic nitrogens is 2. The van der Waals surface area contributed by atoms with E-state index in [0.717, 1.165) is 12.1 Å². The van der Waals surface area contributed by atoms with Crippen molar-refractivity contribution in [2.75, 3.05) is 0 Å². The van der Waals surface area contributed by atoms with Gasteiger partial charge in [-0.2, -0.15) is 13.2 Å². The molecule has 22 heavy (non-hydrogen) atoms. The van der Waals surface area contributed by atoms with Crippen LogP contribution < -0.4 is 0 Å². The lowest BCUT2D eigenvalue weighted by Crippen LogP contribution is -2.05. The van der Waals surface area contributed by atoms with Crippen molar-refractivity contribution in [2.45, 2.75) is 47.2 Å². The minimum absolute atomic E-state index is 0.0412. The van der Waals surface area contributed by atoms with E-state index >= 15 is 0 Å². The zero-order chi connectivity index (χ0) is 17.5. The minimum atomic E-state index is -4.48. The predicted octanol–water partition coefficient (Wildman–Crippen LogP) is 6.71. The van der Waals surface area contributed by atoms with Gasteiger partial charge in [0.25, 0.3) is 0 Å². The van der Waals surface area contributed by atoms with Gasteiger partial charge in [-0.25, -0.2) is 9.97 Å². The number of benzene rings is 1. The van der Waals surface area contributed by atoms with Crippen molar-refractivity contribution in [2.24, 2.45) is 0 Å². The second-order valence-corrected chi connectivity index (χ2v) is 4.89. The van der Waals surface area contributed by atoms with E-state index in [9.17, 15) is 13.2 Å². The predicted molar refractivity (Wildman–Crippen MR) is 86.6 cm³/mol. The number of nitrogens with zero attached hydrogens (tertiary/aromatic N) is 2. The quantitative estimate of drug-likeness (QED) is 0.491. The SMILES string of the molecule is CC.CCC.Cc1nc(Cl)c2cc(C(F)(F)F)cc(Cl)c2n1. The van der Waals surface area contributed by atoms with E-state index in [1.807, 2.05) is 13.8 Å². The molecule has 2 nitrogen and oxygen atoms in total. The van der Waals surface area contributed by atoms with Crippen molar-refractivity contribution in [3.8, 4) is 0 Å². The molecule has 0 aliphatic heterocycles. The van der Waals surface area contributed by atoms with Crippen LogP contribution in [0.15, 0.2) is 12.1 Å². The van der Waals surface area contributed by atoms with Crippen LogP contribution in [0.5, 0.6) is 0 Å². The molecule has 0 atom stereocenters. The Labute approximate surface area is 138 Å². The van der Waals surface area contributed by atoms with Crippen LogP contribution in [0.25, 0.3) is 10.9 Å². The molecule has 1 heterocycles. The summed E-state index contributed by atoms with van der Waals surface area (Å²) in [4.78, 5) is 7.76. The maximum absolute atomic E-state index is 12.6. The third-order valence-corrected chi connectivity index (χ3v) is 2.72. The van der Waals surface area contributed by atoms with E-state index in [-0.39, 0.29) is 21.1 Å². The van der Waals surface area contributed by atoms with E-state index in [0.29, 0.717) is 5.82 Å². The maximum Gasteiger partial charge on any atom is 0.416 e. The Morgan fingerprint density at radius 2 is 1.55 bits per heavy atom. The molecule has 2 aromatic rings. The van der Waals surface area contributed by atoms with Crippen molar-refractivity contribution in [3.05, 3.63) is 33.7 Å². The van der Waals surface area contributed by atoms with Gasteiger partial charge in [0.15, 0.2) is 0 Å². The fraction of sp³-hybridized carbons (Fsp3) is 0.467. The second kappa shape index (κ2) is 9.16. The summed E-state index contributed by atoms with van der Waals surface area (Å²) >= 11 is 11.5. The third kappa shape index (κ3) is 5.61. The number of aryl methyl sites for hydroxylation is 1. The molecule has 0 unspecified atom stereocenters. The molecule has 0 fully saturated rings. The molecular weight excluding hydrogens is 336 g/mol. The van der Waals surface area contributed by atoms with Crippen molar-refractivity contribution in [1.82, 2.24) is 9.97 Å². The fourth-order valence-electron chi connectivity index (χ4n) is 1.42. The highest BCUT2D eigenvalue weighted by Crippen LogP contribution is 2.36. The van der Waals surface area contributed by atoms with E-state index in [1.165, 1.54) is 6.42 Å². The summed E-state index contributed by atoms with van der Waals surface area (Å²) in [5.74, 6) is 0.351. The summed E-state index contributed by atoms with van der Waals surface area (Å²) in [7, 11) is 0. The van der Waals surface area contributed by atoms with Crippen LogP contribution >= 0.6 is 23.2 Å². The summed E-state index contributed by atoms with van der Waals surface area (Å²) in [6.45, 7) is 9.83. The Balaban J connectivity index is 0.000000789. The molecule has 0 saturated heterocycles. The number of alkyl halides is 3. The van der Waals surface area contributed by atoms with Crippen molar-refractivity contribution >= 4 is 34.1 Å². The smallest absolute Gasteiger partial charge is 0.232 e. The zero-order valence-corrected chi connectivity index (χ0v) is 14.7. The number of fused-ring (bicyclic) bond motifs is 1. The first-order valence-corrected chi connectivity index (χ1v) is 7.66. The molecule has 0 saturated carbocycles. The van der Waals surface area contributed by atoms with E-state index in [2.05, 4.69) is 23.8 Å². The highest BCUT2D eigenvalue weighted by atomic mass is 35.5. The van der Waals surface area contributed by atoms with E-state index in [4.69, 9.17) is 23.2 Å². The fourth-order valence-corrected chi connectivity index (χ4v) is 1.95. The Morgan fingerprint density at radius 1 is 1.05 bits per heavy atom. The maximum atomic E-state index is 12.6. The van der Waals surface area contributed by atoms with Gasteiger partial charge >= 0.3 is 6.18 Å². The number of halogens is 5. The standard InChI is InChI=1S/C10H5Cl2F3N2.C3H8.C2H6/c1-4-16-8-6(9(12)17-4)2-5(3-7(8)11)10(13,14)15;1-3-2;1-2/h2-3H,1H3;3H2,1-2H3;1-2H3. The lowest BCUT2D eigenvalue weighted by molar-refractivity contribution is -0.137. The first-order valence-electron chi connectivity index (χ1n) is 6.91. The molecule has 0 bridgehead atoms. The Kier molecular flexibility index (Phi) is 8.71. The van der Waals surface area contributed by atoms with Crippen molar-refractivity contribution in [1.29, 1.82) is 0 Å². The van der Waals surface area contributed by atoms with Crippen LogP contribution in [0.2, 0.25) is 10.2 Å². The van der Waals surface area contributed by atoms with Gasteiger partial charge in [0.1, 0.15) is 11.0 Å². The average Bonchev–Trinajstić information content (AvgIpc) is 2.42. The molecule has 1 aromatic carbocycles. The normalized spacial score (nSPS) is 10.5. The van der Waals surface area contributed by atoms with Gasteiger partial charge < -0.3 is 0 Å². The highest BCUT2D eigenvalue weighted by Gasteiger charge is 2.31. The largest absolute Gasteiger partial charge is 0.416 e. The van der Waals surface area contributed by atoms with Gasteiger partial charge in [0, 0.05) is 5.39 Å². The summed E-state index contributed by atoms with van der Waals surface area (Å²) in [6, 6.07) is 1.72. The number of rotatable bonds is 0. The molecule has 0 radical (unpaired) electrons. The summed E-state index contributed by atoms with van der Waals surface area (Å²) < 4.78 is 37.7. The highest BCUT2D eigenvalue weighted by molar-refractivity contribution is 6.38. The zero-order valence-electron chi connectivity index (χ0n) is 13.1. The van der Waals surface area contributed by atoms with Crippen LogP contribution in [0.3, 0.4) is 0 Å². The van der Waals surface area contributed by atoms with Crippen LogP contribution in [-0.2, 0) is 6.18 Å². The molecule has 2 rings (SSSR count). The van der Waals surface area contributed by atoms with Crippen molar-refractivity contribution < 1.29 is 13.2 Å². The molecule has 124 valence electrons. The first-order chi connectivity index (χ1) is 10.2. The Morgan fingerprint density at radius 3 is 2.00 bits per heavy atom. The molecule has 0 spiro atoms. The summed E-state index contributed by atoms with van der Waals surface area (Å²) in [5.41, 5.74) is -0.651. The minimum Gasteiger partial charge on any atom is -0.232 e. The van der Waals surface area contributed by atoms with Gasteiger partial charge in [-0.3, -0.25) is 0 Å². The number of hydrogen-bond acceptors (Lipinski definition) is 2. The molecule has 0 aliphatic rings. The molecule has 0 aliphatic carbocycles. The number of hydrogen-bond donors (Lipinski definition) is 0. The van der Waals surface area contributed by atoms with Gasteiger partial charge in [-0.05, 0) is 19.1 Å². The Hall–Kier alpha value is -1.07. The molecule has 7 heteroatoms. The average molecular weight is 355 g/mol. The van der Waals surface area contributed by atoms with Gasteiger partial charge in [0.2, 0.25) is 0 Å². The third-order valence-electron chi connectivity index (χ3n) is 2.15. The Bertz CT molecular complexity index is 614. The van der Waals surface area contributed by atoms with Crippen molar-refractivity contribution in [3.63, 3.8) is 0 Å². The van der Waals surface area contributed by atoms with Crippen LogP contribution in [-0.4, -0.2) is 9.97 Å². The van der Waals surface area contributed by atoms with Gasteiger partial charge in [-0.1, -0.05) is 57.3 Å². The topological polar surface area (TPSA) is 25.8 Å². The van der Waals surface area contributed by atoms with Crippen LogP contribution in [0, 0.1) is 6.92 Å². The monoisotopic (exact) mass is 354 g/mol. The molecule has 1 aromatic heterocycles. The second-order valence-electron chi connectivity index (χ2n) is 4.12. The molecule has 0 amide bonds. The first kappa shape index (κ1) is 20.9. The van der Waals surface area contributed by atoms with Gasteiger partial charge in [-0.15, -0.1) is 0 Å². The summed E-state index contributed by atoms with van der Waals surface area (Å²) in [6.07, 6.45) is -3.23.